The Morgan fingerprint density at radius 2 is 2.28 bits per heavy atom. The van der Waals surface area contributed by atoms with Crippen LogP contribution in [0.2, 0.25) is 0 Å². The lowest BCUT2D eigenvalue weighted by Crippen LogP contribution is -2.34. The summed E-state index contributed by atoms with van der Waals surface area (Å²) in [6.07, 6.45) is 3.38. The molecule has 5 nitrogen and oxygen atoms in total. The molecule has 0 radical (unpaired) electrons. The molecule has 0 amide bonds. The van der Waals surface area contributed by atoms with Gasteiger partial charge in [-0.1, -0.05) is 6.92 Å². The number of aromatic nitrogens is 2. The van der Waals surface area contributed by atoms with Gasteiger partial charge < -0.3 is 5.32 Å². The molecule has 1 unspecified atom stereocenters. The Morgan fingerprint density at radius 1 is 1.56 bits per heavy atom. The van der Waals surface area contributed by atoms with Crippen LogP contribution in [0.25, 0.3) is 0 Å². The van der Waals surface area contributed by atoms with Crippen molar-refractivity contribution in [3.63, 3.8) is 0 Å². The van der Waals surface area contributed by atoms with Gasteiger partial charge in [-0.25, -0.2) is 8.42 Å². The molecule has 0 bridgehead atoms. The van der Waals surface area contributed by atoms with Crippen LogP contribution in [0.5, 0.6) is 0 Å². The first-order valence-electron chi connectivity index (χ1n) is 6.33. The summed E-state index contributed by atoms with van der Waals surface area (Å²) in [5.41, 5.74) is 1.92. The second-order valence-electron chi connectivity index (χ2n) is 5.25. The predicted molar refractivity (Wildman–Crippen MR) is 71.3 cm³/mol. The molecule has 1 fully saturated rings. The molecule has 18 heavy (non-hydrogen) atoms. The molecule has 0 spiro atoms. The molecule has 0 aliphatic carbocycles. The Bertz CT molecular complexity index is 536. The van der Waals surface area contributed by atoms with Crippen LogP contribution in [0, 0.1) is 0 Å². The van der Waals surface area contributed by atoms with Gasteiger partial charge >= 0.3 is 0 Å². The van der Waals surface area contributed by atoms with E-state index >= 15 is 0 Å². The second-order valence-corrected chi connectivity index (χ2v) is 7.44. The van der Waals surface area contributed by atoms with E-state index in [1.165, 1.54) is 0 Å². The van der Waals surface area contributed by atoms with Crippen molar-refractivity contribution >= 4 is 9.84 Å². The van der Waals surface area contributed by atoms with Gasteiger partial charge in [-0.2, -0.15) is 5.10 Å². The van der Waals surface area contributed by atoms with Crippen molar-refractivity contribution in [2.24, 2.45) is 0 Å². The highest BCUT2D eigenvalue weighted by molar-refractivity contribution is 7.91. The summed E-state index contributed by atoms with van der Waals surface area (Å²) in [5, 5.41) is 7.56. The van der Waals surface area contributed by atoms with E-state index in [9.17, 15) is 8.42 Å². The van der Waals surface area contributed by atoms with E-state index in [1.807, 2.05) is 24.9 Å². The van der Waals surface area contributed by atoms with Crippen molar-refractivity contribution in [2.45, 2.75) is 38.8 Å². The number of hydrogen-bond acceptors (Lipinski definition) is 4. The summed E-state index contributed by atoms with van der Waals surface area (Å²) < 4.78 is 25.3. The number of rotatable bonds is 4. The third-order valence-corrected chi connectivity index (χ3v) is 5.54. The quantitative estimate of drug-likeness (QED) is 0.875. The predicted octanol–water partition coefficient (Wildman–Crippen LogP) is 0.699. The van der Waals surface area contributed by atoms with Gasteiger partial charge in [-0.3, -0.25) is 4.68 Å². The van der Waals surface area contributed by atoms with Gasteiger partial charge in [0, 0.05) is 17.8 Å². The number of nitrogens with zero attached hydrogens (tertiary/aromatic N) is 2. The molecule has 1 atom stereocenters. The normalized spacial score (nSPS) is 26.6. The summed E-state index contributed by atoms with van der Waals surface area (Å²) in [6, 6.07) is 0. The standard InChI is InChI=1S/C12H21N3O2S/c1-4-11-10(7-13-3)8-14-15(11)12(2)5-6-18(16,17)9-12/h8,13H,4-7,9H2,1-3H3. The van der Waals surface area contributed by atoms with E-state index in [1.54, 1.807) is 0 Å². The Labute approximate surface area is 108 Å². The molecule has 102 valence electrons. The molecule has 2 rings (SSSR count). The van der Waals surface area contributed by atoms with Gasteiger partial charge in [0.05, 0.1) is 23.2 Å². The maximum atomic E-state index is 11.7. The Hall–Kier alpha value is -0.880. The largest absolute Gasteiger partial charge is 0.316 e. The minimum Gasteiger partial charge on any atom is -0.316 e. The highest BCUT2D eigenvalue weighted by Crippen LogP contribution is 2.32. The third-order valence-electron chi connectivity index (χ3n) is 3.65. The molecule has 2 heterocycles. The van der Waals surface area contributed by atoms with Crippen LogP contribution in [-0.4, -0.2) is 36.8 Å². The fourth-order valence-corrected chi connectivity index (χ4v) is 4.86. The lowest BCUT2D eigenvalue weighted by molar-refractivity contribution is 0.318. The van der Waals surface area contributed by atoms with Gasteiger partial charge in [0.15, 0.2) is 9.84 Å². The van der Waals surface area contributed by atoms with E-state index in [4.69, 9.17) is 0 Å². The van der Waals surface area contributed by atoms with Crippen molar-refractivity contribution in [1.29, 1.82) is 0 Å². The van der Waals surface area contributed by atoms with Gasteiger partial charge in [-0.15, -0.1) is 0 Å². The van der Waals surface area contributed by atoms with E-state index in [0.717, 1.165) is 24.2 Å². The molecule has 1 saturated heterocycles. The summed E-state index contributed by atoms with van der Waals surface area (Å²) in [6.45, 7) is 4.85. The van der Waals surface area contributed by atoms with E-state index in [-0.39, 0.29) is 17.0 Å². The van der Waals surface area contributed by atoms with Crippen LogP contribution in [0.15, 0.2) is 6.20 Å². The fourth-order valence-electron chi connectivity index (χ4n) is 2.75. The first kappa shape index (κ1) is 13.5. The Morgan fingerprint density at radius 3 is 2.78 bits per heavy atom. The van der Waals surface area contributed by atoms with Crippen LogP contribution in [-0.2, 0) is 28.3 Å². The SMILES string of the molecule is CCc1c(CNC)cnn1C1(C)CCS(=O)(=O)C1. The van der Waals surface area contributed by atoms with Crippen molar-refractivity contribution in [2.75, 3.05) is 18.6 Å². The number of hydrogen-bond donors (Lipinski definition) is 1. The molecule has 0 saturated carbocycles. The molecular weight excluding hydrogens is 250 g/mol. The van der Waals surface area contributed by atoms with Gasteiger partial charge in [0.1, 0.15) is 0 Å². The number of sulfone groups is 1. The highest BCUT2D eigenvalue weighted by atomic mass is 32.2. The van der Waals surface area contributed by atoms with Gasteiger partial charge in [-0.05, 0) is 26.8 Å². The van der Waals surface area contributed by atoms with Crippen LogP contribution >= 0.6 is 0 Å². The first-order valence-corrected chi connectivity index (χ1v) is 8.15. The molecule has 1 aliphatic heterocycles. The van der Waals surface area contributed by atoms with E-state index < -0.39 is 9.84 Å². The molecule has 6 heteroatoms. The molecular formula is C12H21N3O2S. The van der Waals surface area contributed by atoms with Gasteiger partial charge in [0.25, 0.3) is 0 Å². The zero-order valence-electron chi connectivity index (χ0n) is 11.2. The van der Waals surface area contributed by atoms with E-state index in [2.05, 4.69) is 17.3 Å². The fraction of sp³-hybridized carbons (Fsp3) is 0.750. The van der Waals surface area contributed by atoms with E-state index in [0.29, 0.717) is 6.42 Å². The number of nitrogens with one attached hydrogen (secondary N) is 1. The highest BCUT2D eigenvalue weighted by Gasteiger charge is 2.41. The maximum Gasteiger partial charge on any atom is 0.152 e. The third kappa shape index (κ3) is 2.31. The molecule has 1 N–H and O–H groups in total. The molecule has 1 aromatic heterocycles. The van der Waals surface area contributed by atoms with Crippen LogP contribution < -0.4 is 5.32 Å². The van der Waals surface area contributed by atoms with Crippen molar-refractivity contribution in [3.05, 3.63) is 17.5 Å². The average Bonchev–Trinajstić information content (AvgIpc) is 2.81. The van der Waals surface area contributed by atoms with Crippen molar-refractivity contribution in [1.82, 2.24) is 15.1 Å². The van der Waals surface area contributed by atoms with Gasteiger partial charge in [0.2, 0.25) is 0 Å². The molecule has 1 aromatic rings. The van der Waals surface area contributed by atoms with Crippen LogP contribution in [0.3, 0.4) is 0 Å². The molecule has 0 aromatic carbocycles. The summed E-state index contributed by atoms with van der Waals surface area (Å²) in [5.74, 6) is 0.474. The lowest BCUT2D eigenvalue weighted by Gasteiger charge is -2.25. The average molecular weight is 271 g/mol. The summed E-state index contributed by atoms with van der Waals surface area (Å²) in [4.78, 5) is 0. The Balaban J connectivity index is 2.39. The zero-order chi connectivity index (χ0) is 13.4. The van der Waals surface area contributed by atoms with Crippen molar-refractivity contribution < 1.29 is 8.42 Å². The Kier molecular flexibility index (Phi) is 3.51. The topological polar surface area (TPSA) is 64.0 Å². The van der Waals surface area contributed by atoms with Crippen LogP contribution in [0.1, 0.15) is 31.5 Å². The second kappa shape index (κ2) is 4.66. The van der Waals surface area contributed by atoms with Crippen molar-refractivity contribution in [3.8, 4) is 0 Å². The first-order chi connectivity index (χ1) is 8.42. The summed E-state index contributed by atoms with van der Waals surface area (Å²) >= 11 is 0. The molecule has 1 aliphatic rings. The minimum atomic E-state index is -2.91. The zero-order valence-corrected chi connectivity index (χ0v) is 12.0. The smallest absolute Gasteiger partial charge is 0.152 e. The maximum absolute atomic E-state index is 11.7. The summed E-state index contributed by atoms with van der Waals surface area (Å²) in [7, 11) is -1.01. The van der Waals surface area contributed by atoms with Crippen LogP contribution in [0.4, 0.5) is 0 Å². The monoisotopic (exact) mass is 271 g/mol. The minimum absolute atomic E-state index is 0.202. The lowest BCUT2D eigenvalue weighted by atomic mass is 10.0.